The van der Waals surface area contributed by atoms with Crippen molar-refractivity contribution in [3.05, 3.63) is 52.6 Å². The van der Waals surface area contributed by atoms with E-state index in [-0.39, 0.29) is 10.8 Å². The Balaban J connectivity index is 2.36. The summed E-state index contributed by atoms with van der Waals surface area (Å²) in [5, 5.41) is 4.50. The van der Waals surface area contributed by atoms with Crippen molar-refractivity contribution in [3.8, 4) is 0 Å². The maximum Gasteiger partial charge on any atom is 0.128 e. The van der Waals surface area contributed by atoms with Crippen LogP contribution in [0.1, 0.15) is 36.4 Å². The smallest absolute Gasteiger partial charge is 0.128 e. The second-order valence-electron chi connectivity index (χ2n) is 4.66. The lowest BCUT2D eigenvalue weighted by molar-refractivity contribution is 0.573. The van der Waals surface area contributed by atoms with E-state index in [2.05, 4.69) is 25.0 Å². The van der Waals surface area contributed by atoms with E-state index in [9.17, 15) is 4.39 Å². The molecule has 0 atom stereocenters. The Kier molecular flexibility index (Phi) is 4.49. The van der Waals surface area contributed by atoms with Crippen LogP contribution in [-0.2, 0) is 19.4 Å². The second-order valence-corrected chi connectivity index (χ2v) is 5.10. The summed E-state index contributed by atoms with van der Waals surface area (Å²) < 4.78 is 15.8. The molecule has 20 heavy (non-hydrogen) atoms. The highest BCUT2D eigenvalue weighted by Crippen LogP contribution is 2.15. The van der Waals surface area contributed by atoms with Gasteiger partial charge in [-0.3, -0.25) is 4.68 Å². The van der Waals surface area contributed by atoms with Crippen LogP contribution in [0.25, 0.3) is 0 Å². The first kappa shape index (κ1) is 14.7. The van der Waals surface area contributed by atoms with Crippen LogP contribution in [0, 0.1) is 5.82 Å². The molecule has 0 aliphatic rings. The molecule has 1 aromatic carbocycles. The van der Waals surface area contributed by atoms with Gasteiger partial charge in [0.25, 0.3) is 0 Å². The molecule has 106 valence electrons. The summed E-state index contributed by atoms with van der Waals surface area (Å²) in [6.45, 7) is 4.51. The molecule has 1 heterocycles. The van der Waals surface area contributed by atoms with Gasteiger partial charge in [0.15, 0.2) is 0 Å². The molecule has 0 aliphatic heterocycles. The van der Waals surface area contributed by atoms with Gasteiger partial charge >= 0.3 is 0 Å². The number of rotatable bonds is 5. The van der Waals surface area contributed by atoms with E-state index in [0.29, 0.717) is 17.7 Å². The Morgan fingerprint density at radius 1 is 1.30 bits per heavy atom. The summed E-state index contributed by atoms with van der Waals surface area (Å²) in [4.78, 5) is 0.275. The number of hydrogen-bond donors (Lipinski definition) is 1. The Morgan fingerprint density at radius 3 is 2.65 bits per heavy atom. The number of nitrogens with two attached hydrogens (primary N) is 1. The SMILES string of the molecule is CCc1cc(CC)n(Cc2cc(C(N)=S)ccc2F)n1. The molecule has 0 saturated carbocycles. The third-order valence-corrected chi connectivity index (χ3v) is 3.52. The van der Waals surface area contributed by atoms with Gasteiger partial charge < -0.3 is 5.73 Å². The molecule has 0 aliphatic carbocycles. The molecule has 0 unspecified atom stereocenters. The van der Waals surface area contributed by atoms with E-state index < -0.39 is 0 Å². The van der Waals surface area contributed by atoms with Crippen molar-refractivity contribution in [3.63, 3.8) is 0 Å². The van der Waals surface area contributed by atoms with Crippen LogP contribution in [0.2, 0.25) is 0 Å². The maximum absolute atomic E-state index is 13.9. The van der Waals surface area contributed by atoms with Gasteiger partial charge in [0.05, 0.1) is 12.2 Å². The minimum absolute atomic E-state index is 0.263. The predicted octanol–water partition coefficient (Wildman–Crippen LogP) is 2.83. The van der Waals surface area contributed by atoms with E-state index >= 15 is 0 Å². The predicted molar refractivity (Wildman–Crippen MR) is 82.4 cm³/mol. The van der Waals surface area contributed by atoms with Crippen LogP contribution < -0.4 is 5.73 Å². The quantitative estimate of drug-likeness (QED) is 0.862. The van der Waals surface area contributed by atoms with Crippen molar-refractivity contribution < 1.29 is 4.39 Å². The molecule has 0 spiro atoms. The minimum atomic E-state index is -0.263. The largest absolute Gasteiger partial charge is 0.389 e. The molecule has 0 saturated heterocycles. The van der Waals surface area contributed by atoms with Gasteiger partial charge in [-0.05, 0) is 37.1 Å². The number of benzene rings is 1. The number of halogens is 1. The van der Waals surface area contributed by atoms with Crippen molar-refractivity contribution >= 4 is 17.2 Å². The van der Waals surface area contributed by atoms with Gasteiger partial charge in [0.2, 0.25) is 0 Å². The van der Waals surface area contributed by atoms with Gasteiger partial charge in [-0.1, -0.05) is 26.1 Å². The third kappa shape index (κ3) is 3.04. The lowest BCUT2D eigenvalue weighted by atomic mass is 10.1. The van der Waals surface area contributed by atoms with Crippen LogP contribution in [0.15, 0.2) is 24.3 Å². The van der Waals surface area contributed by atoms with Crippen LogP contribution in [-0.4, -0.2) is 14.8 Å². The Bertz CT molecular complexity index is 634. The van der Waals surface area contributed by atoms with E-state index in [1.807, 2.05) is 4.68 Å². The molecule has 0 amide bonds. The van der Waals surface area contributed by atoms with Gasteiger partial charge in [0.1, 0.15) is 10.8 Å². The highest BCUT2D eigenvalue weighted by atomic mass is 32.1. The first-order valence-electron chi connectivity index (χ1n) is 6.69. The van der Waals surface area contributed by atoms with Crippen molar-refractivity contribution in [2.45, 2.75) is 33.2 Å². The van der Waals surface area contributed by atoms with Crippen molar-refractivity contribution in [2.24, 2.45) is 5.73 Å². The molecule has 5 heteroatoms. The lowest BCUT2D eigenvalue weighted by Gasteiger charge is -2.09. The van der Waals surface area contributed by atoms with E-state index in [0.717, 1.165) is 24.2 Å². The van der Waals surface area contributed by atoms with Crippen LogP contribution in [0.4, 0.5) is 4.39 Å². The summed E-state index contributed by atoms with van der Waals surface area (Å²) in [5.41, 5.74) is 8.94. The fourth-order valence-corrected chi connectivity index (χ4v) is 2.25. The summed E-state index contributed by atoms with van der Waals surface area (Å²) in [5.74, 6) is -0.263. The molecule has 0 bridgehead atoms. The fraction of sp³-hybridized carbons (Fsp3) is 0.333. The maximum atomic E-state index is 13.9. The van der Waals surface area contributed by atoms with E-state index in [1.54, 1.807) is 12.1 Å². The normalized spacial score (nSPS) is 10.8. The Labute approximate surface area is 123 Å². The molecular formula is C15H18FN3S. The van der Waals surface area contributed by atoms with Gasteiger partial charge in [-0.25, -0.2) is 4.39 Å². The summed E-state index contributed by atoms with van der Waals surface area (Å²) in [6.07, 6.45) is 1.74. The topological polar surface area (TPSA) is 43.8 Å². The molecule has 3 nitrogen and oxygen atoms in total. The zero-order valence-electron chi connectivity index (χ0n) is 11.7. The summed E-state index contributed by atoms with van der Waals surface area (Å²) in [7, 11) is 0. The Morgan fingerprint density at radius 2 is 2.05 bits per heavy atom. The average Bonchev–Trinajstić information content (AvgIpc) is 2.83. The highest BCUT2D eigenvalue weighted by molar-refractivity contribution is 7.80. The lowest BCUT2D eigenvalue weighted by Crippen LogP contribution is -2.12. The highest BCUT2D eigenvalue weighted by Gasteiger charge is 2.10. The van der Waals surface area contributed by atoms with E-state index in [1.165, 1.54) is 6.07 Å². The number of nitrogens with zero attached hydrogens (tertiary/aromatic N) is 2. The summed E-state index contributed by atoms with van der Waals surface area (Å²) in [6, 6.07) is 6.77. The Hall–Kier alpha value is -1.75. The zero-order valence-corrected chi connectivity index (χ0v) is 12.5. The standard InChI is InChI=1S/C15H18FN3S/c1-3-12-8-13(4-2)19(18-12)9-11-7-10(15(17)20)5-6-14(11)16/h5-8H,3-4,9H2,1-2H3,(H2,17,20). The first-order chi connectivity index (χ1) is 9.55. The van der Waals surface area contributed by atoms with Crippen LogP contribution >= 0.6 is 12.2 Å². The van der Waals surface area contributed by atoms with Crippen LogP contribution in [0.5, 0.6) is 0 Å². The van der Waals surface area contributed by atoms with E-state index in [4.69, 9.17) is 18.0 Å². The zero-order chi connectivity index (χ0) is 14.7. The monoisotopic (exact) mass is 291 g/mol. The number of aromatic nitrogens is 2. The fourth-order valence-electron chi connectivity index (χ4n) is 2.12. The van der Waals surface area contributed by atoms with Gasteiger partial charge in [-0.2, -0.15) is 5.10 Å². The van der Waals surface area contributed by atoms with Crippen LogP contribution in [0.3, 0.4) is 0 Å². The van der Waals surface area contributed by atoms with Crippen molar-refractivity contribution in [2.75, 3.05) is 0 Å². The molecule has 0 fully saturated rings. The van der Waals surface area contributed by atoms with Gasteiger partial charge in [-0.15, -0.1) is 0 Å². The average molecular weight is 291 g/mol. The van der Waals surface area contributed by atoms with Crippen molar-refractivity contribution in [1.29, 1.82) is 0 Å². The number of aryl methyl sites for hydroxylation is 2. The molecule has 2 rings (SSSR count). The second kappa shape index (κ2) is 6.13. The molecule has 2 aromatic rings. The molecule has 2 N–H and O–H groups in total. The molecule has 1 aromatic heterocycles. The van der Waals surface area contributed by atoms with Crippen molar-refractivity contribution in [1.82, 2.24) is 9.78 Å². The molecular weight excluding hydrogens is 273 g/mol. The summed E-state index contributed by atoms with van der Waals surface area (Å²) >= 11 is 4.93. The van der Waals surface area contributed by atoms with Gasteiger partial charge in [0, 0.05) is 16.8 Å². The number of thiocarbonyl (C=S) groups is 1. The number of hydrogen-bond acceptors (Lipinski definition) is 2. The third-order valence-electron chi connectivity index (χ3n) is 3.29. The first-order valence-corrected chi connectivity index (χ1v) is 7.09. The molecule has 0 radical (unpaired) electrons. The minimum Gasteiger partial charge on any atom is -0.389 e.